The molecule has 31 heavy (non-hydrogen) atoms. The number of nitriles is 1. The smallest absolute Gasteiger partial charge is 0.258 e. The van der Waals surface area contributed by atoms with Crippen molar-refractivity contribution in [2.45, 2.75) is 6.42 Å². The molecule has 4 rings (SSSR count). The van der Waals surface area contributed by atoms with Crippen LogP contribution in [-0.4, -0.2) is 59.7 Å². The van der Waals surface area contributed by atoms with Gasteiger partial charge in [-0.2, -0.15) is 9.57 Å². The van der Waals surface area contributed by atoms with E-state index in [-0.39, 0.29) is 34.7 Å². The van der Waals surface area contributed by atoms with E-state index in [0.29, 0.717) is 31.7 Å². The van der Waals surface area contributed by atoms with E-state index in [1.54, 1.807) is 24.3 Å². The minimum atomic E-state index is -3.53. The summed E-state index contributed by atoms with van der Waals surface area (Å²) in [6.07, 6.45) is 0.0394. The summed E-state index contributed by atoms with van der Waals surface area (Å²) in [4.78, 5) is 21.1. The number of hydrogen-bond donors (Lipinski definition) is 2. The quantitative estimate of drug-likeness (QED) is 0.611. The van der Waals surface area contributed by atoms with Crippen molar-refractivity contribution in [3.63, 3.8) is 0 Å². The molecule has 2 aromatic carbocycles. The Morgan fingerprint density at radius 1 is 1.10 bits per heavy atom. The third-order valence-corrected chi connectivity index (χ3v) is 7.23. The minimum absolute atomic E-state index is 0.0394. The molecular weight excluding hydrogens is 418 g/mol. The Labute approximate surface area is 179 Å². The number of fused-ring (bicyclic) bond motifs is 1. The number of para-hydroxylation sites is 1. The zero-order valence-electron chi connectivity index (χ0n) is 16.7. The number of nitrogens with zero attached hydrogens (tertiary/aromatic N) is 4. The molecule has 1 aromatic heterocycles. The molecule has 0 unspecified atom stereocenters. The highest BCUT2D eigenvalue weighted by molar-refractivity contribution is 7.89. The van der Waals surface area contributed by atoms with Crippen LogP contribution in [0.3, 0.4) is 0 Å². The predicted octanol–water partition coefficient (Wildman–Crippen LogP) is 1.19. The Morgan fingerprint density at radius 3 is 2.48 bits per heavy atom. The number of aryl methyl sites for hydroxylation is 1. The van der Waals surface area contributed by atoms with Gasteiger partial charge in [0.2, 0.25) is 10.0 Å². The second kappa shape index (κ2) is 8.37. The first-order valence-electron chi connectivity index (χ1n) is 9.81. The number of aromatic hydroxyl groups is 1. The molecule has 2 N–H and O–H groups in total. The molecule has 2 heterocycles. The maximum absolute atomic E-state index is 12.8. The van der Waals surface area contributed by atoms with Gasteiger partial charge in [0, 0.05) is 38.3 Å². The first-order valence-corrected chi connectivity index (χ1v) is 11.4. The van der Waals surface area contributed by atoms with E-state index in [2.05, 4.69) is 20.9 Å². The van der Waals surface area contributed by atoms with Gasteiger partial charge < -0.3 is 15.0 Å². The molecule has 1 aliphatic rings. The number of phenolic OH excluding ortho intramolecular Hbond substituents is 1. The van der Waals surface area contributed by atoms with Crippen LogP contribution in [-0.2, 0) is 16.4 Å². The van der Waals surface area contributed by atoms with Gasteiger partial charge in [-0.05, 0) is 36.4 Å². The van der Waals surface area contributed by atoms with Crippen LogP contribution in [0.5, 0.6) is 5.75 Å². The number of hydrogen-bond acceptors (Lipinski definition) is 7. The van der Waals surface area contributed by atoms with Crippen molar-refractivity contribution in [1.29, 1.82) is 5.26 Å². The molecule has 0 radical (unpaired) electrons. The Hall–Kier alpha value is -3.42. The summed E-state index contributed by atoms with van der Waals surface area (Å²) in [6, 6.07) is 13.8. The van der Waals surface area contributed by atoms with Gasteiger partial charge in [-0.15, -0.1) is 0 Å². The molecule has 0 saturated carbocycles. The highest BCUT2D eigenvalue weighted by Crippen LogP contribution is 2.20. The highest BCUT2D eigenvalue weighted by Gasteiger charge is 2.27. The fraction of sp³-hybridized carbons (Fsp3) is 0.286. The van der Waals surface area contributed by atoms with Crippen LogP contribution in [0.1, 0.15) is 11.4 Å². The van der Waals surface area contributed by atoms with Crippen molar-refractivity contribution in [3.8, 4) is 11.8 Å². The number of aromatic nitrogens is 2. The first kappa shape index (κ1) is 20.8. The van der Waals surface area contributed by atoms with Gasteiger partial charge >= 0.3 is 0 Å². The number of sulfonamides is 1. The van der Waals surface area contributed by atoms with Gasteiger partial charge in [-0.25, -0.2) is 13.4 Å². The summed E-state index contributed by atoms with van der Waals surface area (Å²) in [5.41, 5.74) is 1.28. The molecule has 1 saturated heterocycles. The normalized spacial score (nSPS) is 15.1. The third kappa shape index (κ3) is 4.38. The lowest BCUT2D eigenvalue weighted by molar-refractivity contribution is 0.384. The molecule has 0 atom stereocenters. The minimum Gasteiger partial charge on any atom is -0.506 e. The van der Waals surface area contributed by atoms with Crippen LogP contribution in [0, 0.1) is 11.3 Å². The van der Waals surface area contributed by atoms with Gasteiger partial charge in [0.1, 0.15) is 17.1 Å². The summed E-state index contributed by atoms with van der Waals surface area (Å²) in [7, 11) is -3.53. The van der Waals surface area contributed by atoms with Crippen molar-refractivity contribution in [3.05, 3.63) is 64.2 Å². The summed E-state index contributed by atoms with van der Waals surface area (Å²) < 4.78 is 27.1. The molecule has 160 valence electrons. The van der Waals surface area contributed by atoms with Crippen LogP contribution < -0.4 is 10.5 Å². The van der Waals surface area contributed by atoms with E-state index in [1.165, 1.54) is 10.4 Å². The van der Waals surface area contributed by atoms with Gasteiger partial charge in [-0.3, -0.25) is 4.79 Å². The molecule has 10 heteroatoms. The molecule has 0 aliphatic carbocycles. The standard InChI is InChI=1S/C21H21N5O4S/c22-14-15-4-6-16(7-5-15)25-9-11-26(12-10-25)31(29,30)13-8-19-23-20-17(21(28)24-19)2-1-3-18(20)27/h1-7,27H,8-13H2,(H,23,24,28). The van der Waals surface area contributed by atoms with Gasteiger partial charge in [0.25, 0.3) is 5.56 Å². The van der Waals surface area contributed by atoms with Crippen molar-refractivity contribution in [1.82, 2.24) is 14.3 Å². The zero-order chi connectivity index (χ0) is 22.0. The number of piperazine rings is 1. The van der Waals surface area contributed by atoms with E-state index < -0.39 is 15.6 Å². The van der Waals surface area contributed by atoms with Crippen molar-refractivity contribution >= 4 is 26.6 Å². The van der Waals surface area contributed by atoms with E-state index in [1.807, 2.05) is 12.1 Å². The van der Waals surface area contributed by atoms with E-state index >= 15 is 0 Å². The summed E-state index contributed by atoms with van der Waals surface area (Å²) in [5.74, 6) is -0.0863. The van der Waals surface area contributed by atoms with E-state index in [9.17, 15) is 18.3 Å². The molecule has 1 aliphatic heterocycles. The van der Waals surface area contributed by atoms with Crippen molar-refractivity contribution in [2.75, 3.05) is 36.8 Å². The fourth-order valence-electron chi connectivity index (χ4n) is 3.64. The third-order valence-electron chi connectivity index (χ3n) is 5.35. The summed E-state index contributed by atoms with van der Waals surface area (Å²) >= 11 is 0. The largest absolute Gasteiger partial charge is 0.506 e. The lowest BCUT2D eigenvalue weighted by Gasteiger charge is -2.35. The molecular formula is C21H21N5O4S. The highest BCUT2D eigenvalue weighted by atomic mass is 32.2. The van der Waals surface area contributed by atoms with Crippen LogP contribution in [0.15, 0.2) is 47.3 Å². The van der Waals surface area contributed by atoms with Crippen molar-refractivity contribution in [2.24, 2.45) is 0 Å². The van der Waals surface area contributed by atoms with Crippen molar-refractivity contribution < 1.29 is 13.5 Å². The maximum atomic E-state index is 12.8. The van der Waals surface area contributed by atoms with Gasteiger partial charge in [-0.1, -0.05) is 6.07 Å². The summed E-state index contributed by atoms with van der Waals surface area (Å²) in [5, 5.41) is 19.1. The number of anilines is 1. The van der Waals surface area contributed by atoms with Crippen LogP contribution in [0.4, 0.5) is 5.69 Å². The Balaban J connectivity index is 1.41. The van der Waals surface area contributed by atoms with E-state index in [0.717, 1.165) is 5.69 Å². The Bertz CT molecular complexity index is 1300. The zero-order valence-corrected chi connectivity index (χ0v) is 17.5. The van der Waals surface area contributed by atoms with Crippen LogP contribution >= 0.6 is 0 Å². The number of benzene rings is 2. The number of rotatable bonds is 5. The number of aromatic amines is 1. The van der Waals surface area contributed by atoms with E-state index in [4.69, 9.17) is 5.26 Å². The molecule has 0 bridgehead atoms. The molecule has 3 aromatic rings. The average molecular weight is 439 g/mol. The van der Waals surface area contributed by atoms with Crippen LogP contribution in [0.25, 0.3) is 10.9 Å². The fourth-order valence-corrected chi connectivity index (χ4v) is 5.07. The number of nitrogens with one attached hydrogen (secondary N) is 1. The second-order valence-corrected chi connectivity index (χ2v) is 9.39. The number of phenols is 1. The molecule has 0 spiro atoms. The second-order valence-electron chi connectivity index (χ2n) is 7.30. The Morgan fingerprint density at radius 2 is 1.81 bits per heavy atom. The monoisotopic (exact) mass is 439 g/mol. The molecule has 0 amide bonds. The lowest BCUT2D eigenvalue weighted by Crippen LogP contribution is -2.49. The molecule has 9 nitrogen and oxygen atoms in total. The maximum Gasteiger partial charge on any atom is 0.258 e. The molecule has 1 fully saturated rings. The average Bonchev–Trinajstić information content (AvgIpc) is 2.79. The lowest BCUT2D eigenvalue weighted by atomic mass is 10.2. The summed E-state index contributed by atoms with van der Waals surface area (Å²) in [6.45, 7) is 1.80. The SMILES string of the molecule is N#Cc1ccc(N2CCN(S(=O)(=O)CCc3nc4c(O)cccc4c(=O)[nH]3)CC2)cc1. The van der Waals surface area contributed by atoms with Gasteiger partial charge in [0.15, 0.2) is 0 Å². The first-order chi connectivity index (χ1) is 14.9. The van der Waals surface area contributed by atoms with Crippen LogP contribution in [0.2, 0.25) is 0 Å². The Kier molecular flexibility index (Phi) is 5.63. The topological polar surface area (TPSA) is 130 Å². The number of H-pyrrole nitrogens is 1. The predicted molar refractivity (Wildman–Crippen MR) is 116 cm³/mol. The van der Waals surface area contributed by atoms with Gasteiger partial charge in [0.05, 0.1) is 22.8 Å².